The van der Waals surface area contributed by atoms with Gasteiger partial charge in [-0.15, -0.1) is 0 Å². The van der Waals surface area contributed by atoms with Gasteiger partial charge in [-0.25, -0.2) is 0 Å². The lowest BCUT2D eigenvalue weighted by Crippen LogP contribution is -2.30. The van der Waals surface area contributed by atoms with E-state index in [0.717, 1.165) is 11.7 Å². The van der Waals surface area contributed by atoms with Crippen molar-refractivity contribution in [1.29, 1.82) is 0 Å². The molecular formula is C14H31NS. The minimum absolute atomic E-state index is 0.900. The summed E-state index contributed by atoms with van der Waals surface area (Å²) in [5, 5.41) is 0. The molecule has 0 amide bonds. The minimum atomic E-state index is 0.900. The molecule has 0 unspecified atom stereocenters. The number of hydrogen-bond donors (Lipinski definition) is 1. The fourth-order valence-electron chi connectivity index (χ4n) is 2.09. The Hall–Kier alpha value is 0.310. The molecule has 16 heavy (non-hydrogen) atoms. The molecule has 0 bridgehead atoms. The first-order chi connectivity index (χ1) is 7.78. The van der Waals surface area contributed by atoms with Crippen LogP contribution in [-0.2, 0) is 0 Å². The molecule has 2 heteroatoms. The summed E-state index contributed by atoms with van der Waals surface area (Å²) in [4.78, 5) is 2.62. The smallest absolute Gasteiger partial charge is 0.000934 e. The summed E-state index contributed by atoms with van der Waals surface area (Å²) in [6.45, 7) is 10.7. The van der Waals surface area contributed by atoms with Crippen molar-refractivity contribution in [3.8, 4) is 0 Å². The number of thiol groups is 1. The van der Waals surface area contributed by atoms with E-state index in [1.807, 2.05) is 0 Å². The van der Waals surface area contributed by atoms with Crippen molar-refractivity contribution in [3.63, 3.8) is 0 Å². The van der Waals surface area contributed by atoms with Crippen LogP contribution in [-0.4, -0.2) is 30.3 Å². The van der Waals surface area contributed by atoms with Gasteiger partial charge in [-0.3, -0.25) is 0 Å². The third-order valence-corrected chi connectivity index (χ3v) is 3.82. The van der Waals surface area contributed by atoms with Crippen molar-refractivity contribution in [2.75, 3.05) is 25.4 Å². The number of rotatable bonds is 11. The second-order valence-corrected chi connectivity index (χ2v) is 5.16. The van der Waals surface area contributed by atoms with E-state index in [1.54, 1.807) is 0 Å². The van der Waals surface area contributed by atoms with E-state index in [-0.39, 0.29) is 0 Å². The van der Waals surface area contributed by atoms with Crippen LogP contribution >= 0.6 is 12.6 Å². The van der Waals surface area contributed by atoms with Crippen molar-refractivity contribution in [3.05, 3.63) is 0 Å². The third kappa shape index (κ3) is 8.46. The van der Waals surface area contributed by atoms with Crippen molar-refractivity contribution in [1.82, 2.24) is 4.90 Å². The highest BCUT2D eigenvalue weighted by Crippen LogP contribution is 2.11. The van der Waals surface area contributed by atoms with Gasteiger partial charge in [0.1, 0.15) is 0 Å². The summed E-state index contributed by atoms with van der Waals surface area (Å²) >= 11 is 4.24. The van der Waals surface area contributed by atoms with Gasteiger partial charge in [-0.1, -0.05) is 46.5 Å². The zero-order valence-corrected chi connectivity index (χ0v) is 12.4. The van der Waals surface area contributed by atoms with Crippen LogP contribution in [0, 0.1) is 5.92 Å². The monoisotopic (exact) mass is 245 g/mol. The first-order valence-corrected chi connectivity index (χ1v) is 7.74. The molecule has 0 aromatic carbocycles. The maximum Gasteiger partial charge on any atom is 0.000934 e. The Morgan fingerprint density at radius 1 is 0.938 bits per heavy atom. The Morgan fingerprint density at radius 3 is 2.06 bits per heavy atom. The molecule has 1 nitrogen and oxygen atoms in total. The Morgan fingerprint density at radius 2 is 1.56 bits per heavy atom. The largest absolute Gasteiger partial charge is 0.303 e. The van der Waals surface area contributed by atoms with Gasteiger partial charge in [-0.2, -0.15) is 12.6 Å². The lowest BCUT2D eigenvalue weighted by Gasteiger charge is -2.25. The van der Waals surface area contributed by atoms with Crippen LogP contribution in [0.2, 0.25) is 0 Å². The molecule has 0 atom stereocenters. The molecule has 0 saturated carbocycles. The molecule has 98 valence electrons. The molecular weight excluding hydrogens is 214 g/mol. The van der Waals surface area contributed by atoms with E-state index in [0.29, 0.717) is 0 Å². The SMILES string of the molecule is CCC(CC)CN(CC)CCCCCCS. The standard InChI is InChI=1S/C14H31NS/c1-4-14(5-2)13-15(6-3)11-9-7-8-10-12-16/h14,16H,4-13H2,1-3H3. The highest BCUT2D eigenvalue weighted by molar-refractivity contribution is 7.80. The highest BCUT2D eigenvalue weighted by Gasteiger charge is 2.08. The summed E-state index contributed by atoms with van der Waals surface area (Å²) in [5.41, 5.74) is 0. The van der Waals surface area contributed by atoms with Crippen LogP contribution in [0.3, 0.4) is 0 Å². The van der Waals surface area contributed by atoms with Gasteiger partial charge < -0.3 is 4.90 Å². The first kappa shape index (κ1) is 16.3. The van der Waals surface area contributed by atoms with Crippen LogP contribution in [0.15, 0.2) is 0 Å². The maximum absolute atomic E-state index is 4.24. The van der Waals surface area contributed by atoms with Gasteiger partial charge in [0.15, 0.2) is 0 Å². The zero-order chi connectivity index (χ0) is 12.2. The van der Waals surface area contributed by atoms with E-state index < -0.39 is 0 Å². The van der Waals surface area contributed by atoms with E-state index >= 15 is 0 Å². The summed E-state index contributed by atoms with van der Waals surface area (Å²) < 4.78 is 0. The van der Waals surface area contributed by atoms with E-state index in [4.69, 9.17) is 0 Å². The molecule has 0 rings (SSSR count). The first-order valence-electron chi connectivity index (χ1n) is 7.11. The van der Waals surface area contributed by atoms with Crippen LogP contribution in [0.1, 0.15) is 59.3 Å². The molecule has 0 aliphatic heterocycles. The summed E-state index contributed by atoms with van der Waals surface area (Å²) in [6, 6.07) is 0. The van der Waals surface area contributed by atoms with Crippen molar-refractivity contribution in [2.45, 2.75) is 59.3 Å². The topological polar surface area (TPSA) is 3.24 Å². The van der Waals surface area contributed by atoms with Crippen LogP contribution < -0.4 is 0 Å². The van der Waals surface area contributed by atoms with Gasteiger partial charge in [0.2, 0.25) is 0 Å². The molecule has 0 N–H and O–H groups in total. The summed E-state index contributed by atoms with van der Waals surface area (Å²) in [6.07, 6.45) is 8.02. The Labute approximate surface area is 108 Å². The van der Waals surface area contributed by atoms with E-state index in [1.165, 1.54) is 58.2 Å². The summed E-state index contributed by atoms with van der Waals surface area (Å²) in [5.74, 6) is 1.95. The predicted molar refractivity (Wildman–Crippen MR) is 78.5 cm³/mol. The fraction of sp³-hybridized carbons (Fsp3) is 1.00. The van der Waals surface area contributed by atoms with Gasteiger partial charge in [-0.05, 0) is 37.6 Å². The van der Waals surface area contributed by atoms with Crippen LogP contribution in [0.25, 0.3) is 0 Å². The second kappa shape index (κ2) is 11.8. The van der Waals surface area contributed by atoms with Gasteiger partial charge in [0.05, 0.1) is 0 Å². The highest BCUT2D eigenvalue weighted by atomic mass is 32.1. The number of unbranched alkanes of at least 4 members (excludes halogenated alkanes) is 3. The Balaban J connectivity index is 3.57. The lowest BCUT2D eigenvalue weighted by atomic mass is 10.0. The molecule has 0 aliphatic carbocycles. The molecule has 0 aliphatic rings. The molecule has 0 radical (unpaired) electrons. The Bertz CT molecular complexity index is 135. The zero-order valence-electron chi connectivity index (χ0n) is 11.5. The van der Waals surface area contributed by atoms with E-state index in [2.05, 4.69) is 38.3 Å². The van der Waals surface area contributed by atoms with E-state index in [9.17, 15) is 0 Å². The van der Waals surface area contributed by atoms with Crippen molar-refractivity contribution < 1.29 is 0 Å². The molecule has 0 heterocycles. The molecule has 0 aromatic rings. The summed E-state index contributed by atoms with van der Waals surface area (Å²) in [7, 11) is 0. The van der Waals surface area contributed by atoms with Gasteiger partial charge in [0.25, 0.3) is 0 Å². The van der Waals surface area contributed by atoms with Crippen molar-refractivity contribution >= 4 is 12.6 Å². The minimum Gasteiger partial charge on any atom is -0.303 e. The van der Waals surface area contributed by atoms with Gasteiger partial charge in [0, 0.05) is 6.54 Å². The maximum atomic E-state index is 4.24. The molecule has 0 saturated heterocycles. The Kier molecular flexibility index (Phi) is 12.0. The number of nitrogens with zero attached hydrogens (tertiary/aromatic N) is 1. The molecule has 0 fully saturated rings. The average Bonchev–Trinajstić information content (AvgIpc) is 2.33. The number of hydrogen-bond acceptors (Lipinski definition) is 2. The quantitative estimate of drug-likeness (QED) is 0.421. The normalized spacial score (nSPS) is 11.6. The lowest BCUT2D eigenvalue weighted by molar-refractivity contribution is 0.229. The van der Waals surface area contributed by atoms with Crippen molar-refractivity contribution in [2.24, 2.45) is 5.92 Å². The molecule has 0 aromatic heterocycles. The predicted octanol–water partition coefficient (Wildman–Crippen LogP) is 4.23. The fourth-order valence-corrected chi connectivity index (χ4v) is 2.31. The second-order valence-electron chi connectivity index (χ2n) is 4.71. The van der Waals surface area contributed by atoms with Gasteiger partial charge >= 0.3 is 0 Å². The average molecular weight is 245 g/mol. The van der Waals surface area contributed by atoms with Crippen LogP contribution in [0.5, 0.6) is 0 Å². The molecule has 0 spiro atoms. The third-order valence-electron chi connectivity index (χ3n) is 3.50. The van der Waals surface area contributed by atoms with Crippen LogP contribution in [0.4, 0.5) is 0 Å².